The van der Waals surface area contributed by atoms with Crippen LogP contribution in [-0.4, -0.2) is 9.97 Å². The lowest BCUT2D eigenvalue weighted by Gasteiger charge is -2.10. The van der Waals surface area contributed by atoms with Gasteiger partial charge in [0.1, 0.15) is 12.1 Å². The van der Waals surface area contributed by atoms with Gasteiger partial charge in [-0.3, -0.25) is 0 Å². The highest BCUT2D eigenvalue weighted by atomic mass is 35.5. The minimum absolute atomic E-state index is 0.0491. The lowest BCUT2D eigenvalue weighted by molar-refractivity contribution is -0.137. The molecule has 0 fully saturated rings. The number of hydrogen-bond acceptors (Lipinski definition) is 3. The van der Waals surface area contributed by atoms with Crippen LogP contribution < -0.4 is 4.74 Å². The molecule has 0 radical (unpaired) electrons. The number of nitrogens with zero attached hydrogens (tertiary/aromatic N) is 2. The summed E-state index contributed by atoms with van der Waals surface area (Å²) in [5.74, 6) is -1.38. The second-order valence-electron chi connectivity index (χ2n) is 3.42. The molecule has 19 heavy (non-hydrogen) atoms. The average Bonchev–Trinajstić information content (AvgIpc) is 2.30. The molecule has 2 aromatic rings. The summed E-state index contributed by atoms with van der Waals surface area (Å²) in [7, 11) is 0. The van der Waals surface area contributed by atoms with Crippen LogP contribution in [0.25, 0.3) is 0 Å². The van der Waals surface area contributed by atoms with Crippen LogP contribution in [0.15, 0.2) is 30.6 Å². The van der Waals surface area contributed by atoms with Gasteiger partial charge in [-0.15, -0.1) is 0 Å². The van der Waals surface area contributed by atoms with Crippen molar-refractivity contribution in [3.63, 3.8) is 0 Å². The fourth-order valence-electron chi connectivity index (χ4n) is 1.24. The van der Waals surface area contributed by atoms with Gasteiger partial charge in [-0.2, -0.15) is 17.6 Å². The predicted molar refractivity (Wildman–Crippen MR) is 58.5 cm³/mol. The van der Waals surface area contributed by atoms with E-state index in [1.54, 1.807) is 0 Å². The fourth-order valence-corrected chi connectivity index (χ4v) is 1.40. The van der Waals surface area contributed by atoms with Crippen LogP contribution in [0.3, 0.4) is 0 Å². The second kappa shape index (κ2) is 5.00. The van der Waals surface area contributed by atoms with Gasteiger partial charge in [0.2, 0.25) is 11.8 Å². The zero-order valence-electron chi connectivity index (χ0n) is 9.08. The van der Waals surface area contributed by atoms with Crippen molar-refractivity contribution in [2.24, 2.45) is 0 Å². The van der Waals surface area contributed by atoms with Gasteiger partial charge < -0.3 is 4.74 Å². The van der Waals surface area contributed by atoms with Crippen LogP contribution in [0, 0.1) is 5.95 Å². The van der Waals surface area contributed by atoms with Crippen LogP contribution in [0.1, 0.15) is 5.56 Å². The Morgan fingerprint density at radius 1 is 1.11 bits per heavy atom. The Morgan fingerprint density at radius 3 is 2.47 bits per heavy atom. The Bertz CT molecular complexity index is 603. The summed E-state index contributed by atoms with van der Waals surface area (Å²) in [6.45, 7) is 0. The third-order valence-corrected chi connectivity index (χ3v) is 2.39. The highest BCUT2D eigenvalue weighted by molar-refractivity contribution is 6.32. The minimum Gasteiger partial charge on any atom is -0.437 e. The number of benzene rings is 1. The average molecular weight is 293 g/mol. The van der Waals surface area contributed by atoms with E-state index in [9.17, 15) is 17.6 Å². The fraction of sp³-hybridized carbons (Fsp3) is 0.0909. The first-order chi connectivity index (χ1) is 8.86. The minimum atomic E-state index is -4.53. The first-order valence-corrected chi connectivity index (χ1v) is 5.26. The molecule has 8 heteroatoms. The van der Waals surface area contributed by atoms with Crippen molar-refractivity contribution in [1.82, 2.24) is 9.97 Å². The lowest BCUT2D eigenvalue weighted by Crippen LogP contribution is -2.05. The van der Waals surface area contributed by atoms with E-state index in [1.807, 2.05) is 0 Å². The highest BCUT2D eigenvalue weighted by Crippen LogP contribution is 2.36. The molecule has 1 aromatic carbocycles. The van der Waals surface area contributed by atoms with Gasteiger partial charge in [-0.05, 0) is 18.2 Å². The molecular weight excluding hydrogens is 288 g/mol. The molecular formula is C11H5ClF4N2O. The van der Waals surface area contributed by atoms with Crippen LogP contribution in [0.2, 0.25) is 5.02 Å². The van der Waals surface area contributed by atoms with E-state index >= 15 is 0 Å². The van der Waals surface area contributed by atoms with E-state index < -0.39 is 17.7 Å². The van der Waals surface area contributed by atoms with Gasteiger partial charge in [0.05, 0.1) is 16.7 Å². The summed E-state index contributed by atoms with van der Waals surface area (Å²) in [6, 6.07) is 3.39. The van der Waals surface area contributed by atoms with Crippen LogP contribution in [0.4, 0.5) is 17.6 Å². The molecule has 100 valence electrons. The summed E-state index contributed by atoms with van der Waals surface area (Å²) >= 11 is 5.71. The molecule has 2 rings (SSSR count). The summed E-state index contributed by atoms with van der Waals surface area (Å²) in [4.78, 5) is 6.74. The van der Waals surface area contributed by atoms with Crippen molar-refractivity contribution < 1.29 is 22.3 Å². The quantitative estimate of drug-likeness (QED) is 0.618. The van der Waals surface area contributed by atoms with Crippen molar-refractivity contribution in [3.05, 3.63) is 47.1 Å². The van der Waals surface area contributed by atoms with E-state index in [0.717, 1.165) is 24.5 Å². The molecule has 0 aliphatic carbocycles. The van der Waals surface area contributed by atoms with Crippen molar-refractivity contribution in [2.45, 2.75) is 6.18 Å². The molecule has 0 aliphatic heterocycles. The van der Waals surface area contributed by atoms with Crippen molar-refractivity contribution in [1.29, 1.82) is 0 Å². The van der Waals surface area contributed by atoms with Crippen molar-refractivity contribution in [2.75, 3.05) is 0 Å². The molecule has 3 nitrogen and oxygen atoms in total. The van der Waals surface area contributed by atoms with Crippen LogP contribution in [0.5, 0.6) is 11.6 Å². The SMILES string of the molecule is Fc1cc(Oc2cc(C(F)(F)F)ccc2Cl)ncn1. The lowest BCUT2D eigenvalue weighted by atomic mass is 10.2. The van der Waals surface area contributed by atoms with E-state index in [4.69, 9.17) is 16.3 Å². The maximum Gasteiger partial charge on any atom is 0.416 e. The van der Waals surface area contributed by atoms with Gasteiger partial charge in [0, 0.05) is 0 Å². The third-order valence-electron chi connectivity index (χ3n) is 2.08. The van der Waals surface area contributed by atoms with Gasteiger partial charge in [0.25, 0.3) is 0 Å². The monoisotopic (exact) mass is 292 g/mol. The van der Waals surface area contributed by atoms with Gasteiger partial charge in [-0.1, -0.05) is 11.6 Å². The zero-order chi connectivity index (χ0) is 14.0. The van der Waals surface area contributed by atoms with Crippen molar-refractivity contribution >= 4 is 11.6 Å². The van der Waals surface area contributed by atoms with E-state index in [-0.39, 0.29) is 16.7 Å². The molecule has 0 unspecified atom stereocenters. The van der Waals surface area contributed by atoms with Gasteiger partial charge in [0.15, 0.2) is 0 Å². The molecule has 0 bridgehead atoms. The zero-order valence-corrected chi connectivity index (χ0v) is 9.84. The van der Waals surface area contributed by atoms with E-state index in [1.165, 1.54) is 0 Å². The number of alkyl halides is 3. The van der Waals surface area contributed by atoms with Gasteiger partial charge in [-0.25, -0.2) is 9.97 Å². The Morgan fingerprint density at radius 2 is 1.84 bits per heavy atom. The number of rotatable bonds is 2. The Kier molecular flexibility index (Phi) is 3.57. The summed E-state index contributed by atoms with van der Waals surface area (Å²) in [5.41, 5.74) is -0.929. The number of hydrogen-bond donors (Lipinski definition) is 0. The van der Waals surface area contributed by atoms with E-state index in [2.05, 4.69) is 9.97 Å². The first-order valence-electron chi connectivity index (χ1n) is 4.88. The number of aromatic nitrogens is 2. The molecule has 1 heterocycles. The third kappa shape index (κ3) is 3.31. The summed E-state index contributed by atoms with van der Waals surface area (Å²) < 4.78 is 55.4. The molecule has 0 amide bonds. The standard InChI is InChI=1S/C11H5ClF4N2O/c12-7-2-1-6(11(14,15)16)3-8(7)19-10-4-9(13)17-5-18-10/h1-5H. The molecule has 0 N–H and O–H groups in total. The molecule has 0 atom stereocenters. The van der Waals surface area contributed by atoms with Crippen molar-refractivity contribution in [3.8, 4) is 11.6 Å². The number of halogens is 5. The normalized spacial score (nSPS) is 11.4. The maximum absolute atomic E-state index is 12.8. The molecule has 0 saturated carbocycles. The smallest absolute Gasteiger partial charge is 0.416 e. The second-order valence-corrected chi connectivity index (χ2v) is 3.83. The Balaban J connectivity index is 2.34. The largest absolute Gasteiger partial charge is 0.437 e. The van der Waals surface area contributed by atoms with Gasteiger partial charge >= 0.3 is 6.18 Å². The predicted octanol–water partition coefficient (Wildman–Crippen LogP) is 4.08. The molecule has 0 aliphatic rings. The highest BCUT2D eigenvalue weighted by Gasteiger charge is 2.31. The van der Waals surface area contributed by atoms with Crippen LogP contribution in [-0.2, 0) is 6.18 Å². The first kappa shape index (κ1) is 13.5. The van der Waals surface area contributed by atoms with E-state index in [0.29, 0.717) is 6.07 Å². The maximum atomic E-state index is 12.8. The number of ether oxygens (including phenoxy) is 1. The molecule has 0 spiro atoms. The van der Waals surface area contributed by atoms with Crippen LogP contribution >= 0.6 is 11.6 Å². The Labute approximate surface area is 109 Å². The molecule has 0 saturated heterocycles. The Hall–Kier alpha value is -1.89. The summed E-state index contributed by atoms with van der Waals surface area (Å²) in [5, 5.41) is -0.0491. The topological polar surface area (TPSA) is 35.0 Å². The molecule has 1 aromatic heterocycles. The summed E-state index contributed by atoms with van der Waals surface area (Å²) in [6.07, 6.45) is -3.65.